The molecule has 0 aliphatic heterocycles. The molecule has 0 spiro atoms. The number of rotatable bonds is 6. The van der Waals surface area contributed by atoms with Crippen molar-refractivity contribution in [1.82, 2.24) is 14.9 Å². The summed E-state index contributed by atoms with van der Waals surface area (Å²) in [5.74, 6) is 0.459. The van der Waals surface area contributed by atoms with Gasteiger partial charge in [-0.05, 0) is 43.7 Å². The molecule has 1 amide bonds. The molecular formula is C20H21N3O2. The summed E-state index contributed by atoms with van der Waals surface area (Å²) in [4.78, 5) is 16.5. The zero-order valence-electron chi connectivity index (χ0n) is 14.3. The Kier molecular flexibility index (Phi) is 5.14. The van der Waals surface area contributed by atoms with Crippen LogP contribution < -0.4 is 10.1 Å². The van der Waals surface area contributed by atoms with Crippen LogP contribution in [0.4, 0.5) is 0 Å². The Morgan fingerprint density at radius 3 is 2.60 bits per heavy atom. The van der Waals surface area contributed by atoms with Crippen molar-refractivity contribution >= 4 is 5.91 Å². The summed E-state index contributed by atoms with van der Waals surface area (Å²) in [5, 5.41) is 2.95. The average Bonchev–Trinajstić information content (AvgIpc) is 3.15. The third kappa shape index (κ3) is 4.26. The summed E-state index contributed by atoms with van der Waals surface area (Å²) in [6.45, 7) is 4.34. The average molecular weight is 335 g/mol. The van der Waals surface area contributed by atoms with Gasteiger partial charge in [-0.3, -0.25) is 4.79 Å². The van der Waals surface area contributed by atoms with Crippen LogP contribution in [0.1, 0.15) is 29.8 Å². The lowest BCUT2D eigenvalue weighted by molar-refractivity contribution is 0.0945. The Hall–Kier alpha value is -3.08. The molecule has 0 atom stereocenters. The number of para-hydroxylation sites is 1. The van der Waals surface area contributed by atoms with E-state index < -0.39 is 0 Å². The van der Waals surface area contributed by atoms with Crippen LogP contribution >= 0.6 is 0 Å². The topological polar surface area (TPSA) is 56.1 Å². The Morgan fingerprint density at radius 1 is 1.16 bits per heavy atom. The number of hydrogen-bond donors (Lipinski definition) is 1. The minimum absolute atomic E-state index is 0.0182. The van der Waals surface area contributed by atoms with Crippen LogP contribution in [0, 0.1) is 0 Å². The second-order valence-corrected chi connectivity index (χ2v) is 5.98. The van der Waals surface area contributed by atoms with E-state index in [1.165, 1.54) is 0 Å². The highest BCUT2D eigenvalue weighted by Crippen LogP contribution is 2.19. The van der Waals surface area contributed by atoms with Crippen molar-refractivity contribution in [2.24, 2.45) is 0 Å². The highest BCUT2D eigenvalue weighted by molar-refractivity contribution is 5.96. The van der Waals surface area contributed by atoms with Crippen LogP contribution in [-0.2, 0) is 6.54 Å². The SMILES string of the molecule is CC(C)Oc1ccccc1C(=O)NCc1ccc(-n2ccnc2)cc1. The largest absolute Gasteiger partial charge is 0.490 e. The standard InChI is InChI=1S/C20H21N3O2/c1-15(2)25-19-6-4-3-5-18(19)20(24)22-13-16-7-9-17(10-8-16)23-12-11-21-14-23/h3-12,14-15H,13H2,1-2H3,(H,22,24). The third-order valence-electron chi connectivity index (χ3n) is 3.69. The molecule has 128 valence electrons. The number of ether oxygens (including phenoxy) is 1. The molecule has 0 saturated heterocycles. The lowest BCUT2D eigenvalue weighted by atomic mass is 10.1. The van der Waals surface area contributed by atoms with Gasteiger partial charge in [-0.15, -0.1) is 0 Å². The van der Waals surface area contributed by atoms with Crippen molar-refractivity contribution in [2.45, 2.75) is 26.5 Å². The van der Waals surface area contributed by atoms with Gasteiger partial charge in [0.15, 0.2) is 0 Å². The third-order valence-corrected chi connectivity index (χ3v) is 3.69. The van der Waals surface area contributed by atoms with E-state index in [2.05, 4.69) is 10.3 Å². The molecule has 0 unspecified atom stereocenters. The number of imidazole rings is 1. The highest BCUT2D eigenvalue weighted by Gasteiger charge is 2.12. The molecule has 2 aromatic carbocycles. The molecule has 5 heteroatoms. The maximum absolute atomic E-state index is 12.5. The van der Waals surface area contributed by atoms with Crippen molar-refractivity contribution in [3.63, 3.8) is 0 Å². The number of carbonyl (C=O) groups excluding carboxylic acids is 1. The quantitative estimate of drug-likeness (QED) is 0.749. The van der Waals surface area contributed by atoms with E-state index in [4.69, 9.17) is 4.74 Å². The van der Waals surface area contributed by atoms with Gasteiger partial charge in [-0.2, -0.15) is 0 Å². The molecule has 0 aliphatic rings. The Bertz CT molecular complexity index is 824. The molecule has 1 aromatic heterocycles. The molecule has 0 radical (unpaired) electrons. The molecule has 0 bridgehead atoms. The van der Waals surface area contributed by atoms with E-state index >= 15 is 0 Å². The monoisotopic (exact) mass is 335 g/mol. The molecule has 3 aromatic rings. The fraction of sp³-hybridized carbons (Fsp3) is 0.200. The van der Waals surface area contributed by atoms with Crippen molar-refractivity contribution in [1.29, 1.82) is 0 Å². The Morgan fingerprint density at radius 2 is 1.92 bits per heavy atom. The molecular weight excluding hydrogens is 314 g/mol. The van der Waals surface area contributed by atoms with Gasteiger partial charge in [0.2, 0.25) is 0 Å². The van der Waals surface area contributed by atoms with Crippen LogP contribution in [-0.4, -0.2) is 21.6 Å². The van der Waals surface area contributed by atoms with E-state index in [0.29, 0.717) is 17.9 Å². The van der Waals surface area contributed by atoms with Gasteiger partial charge in [0.1, 0.15) is 5.75 Å². The van der Waals surface area contributed by atoms with Crippen LogP contribution in [0.5, 0.6) is 5.75 Å². The zero-order chi connectivity index (χ0) is 17.6. The fourth-order valence-corrected chi connectivity index (χ4v) is 2.49. The predicted octanol–water partition coefficient (Wildman–Crippen LogP) is 3.59. The zero-order valence-corrected chi connectivity index (χ0v) is 14.3. The van der Waals surface area contributed by atoms with Gasteiger partial charge in [0.05, 0.1) is 18.0 Å². The summed E-state index contributed by atoms with van der Waals surface area (Å²) in [5.41, 5.74) is 2.61. The molecule has 5 nitrogen and oxygen atoms in total. The van der Waals surface area contributed by atoms with E-state index in [9.17, 15) is 4.79 Å². The van der Waals surface area contributed by atoms with Crippen molar-refractivity contribution < 1.29 is 9.53 Å². The first-order chi connectivity index (χ1) is 12.1. The summed E-state index contributed by atoms with van der Waals surface area (Å²) in [6.07, 6.45) is 5.40. The molecule has 1 N–H and O–H groups in total. The number of hydrogen-bond acceptors (Lipinski definition) is 3. The smallest absolute Gasteiger partial charge is 0.255 e. The van der Waals surface area contributed by atoms with Crippen LogP contribution in [0.3, 0.4) is 0 Å². The Balaban J connectivity index is 1.65. The van der Waals surface area contributed by atoms with Gasteiger partial charge in [-0.1, -0.05) is 24.3 Å². The predicted molar refractivity (Wildman–Crippen MR) is 96.9 cm³/mol. The number of nitrogens with zero attached hydrogens (tertiary/aromatic N) is 2. The molecule has 0 aliphatic carbocycles. The lowest BCUT2D eigenvalue weighted by Gasteiger charge is -2.14. The van der Waals surface area contributed by atoms with Gasteiger partial charge in [0, 0.05) is 24.6 Å². The highest BCUT2D eigenvalue weighted by atomic mass is 16.5. The van der Waals surface area contributed by atoms with Crippen molar-refractivity contribution in [3.05, 3.63) is 78.4 Å². The second-order valence-electron chi connectivity index (χ2n) is 5.98. The first-order valence-corrected chi connectivity index (χ1v) is 8.24. The number of carbonyl (C=O) groups is 1. The summed E-state index contributed by atoms with van der Waals surface area (Å²) in [7, 11) is 0. The summed E-state index contributed by atoms with van der Waals surface area (Å²) in [6, 6.07) is 15.3. The van der Waals surface area contributed by atoms with E-state index in [0.717, 1.165) is 11.3 Å². The Labute approximate surface area is 147 Å². The van der Waals surface area contributed by atoms with Crippen molar-refractivity contribution in [2.75, 3.05) is 0 Å². The number of amides is 1. The van der Waals surface area contributed by atoms with Crippen LogP contribution in [0.15, 0.2) is 67.3 Å². The van der Waals surface area contributed by atoms with Crippen molar-refractivity contribution in [3.8, 4) is 11.4 Å². The maximum Gasteiger partial charge on any atom is 0.255 e. The molecule has 0 saturated carbocycles. The first kappa shape index (κ1) is 16.8. The molecule has 0 fully saturated rings. The fourth-order valence-electron chi connectivity index (χ4n) is 2.49. The van der Waals surface area contributed by atoms with Gasteiger partial charge in [-0.25, -0.2) is 4.98 Å². The van der Waals surface area contributed by atoms with Gasteiger partial charge >= 0.3 is 0 Å². The maximum atomic E-state index is 12.5. The van der Waals surface area contributed by atoms with E-state index in [1.54, 1.807) is 18.6 Å². The number of benzene rings is 2. The molecule has 3 rings (SSSR count). The minimum atomic E-state index is -0.144. The lowest BCUT2D eigenvalue weighted by Crippen LogP contribution is -2.24. The van der Waals surface area contributed by atoms with Crippen LogP contribution in [0.25, 0.3) is 5.69 Å². The van der Waals surface area contributed by atoms with Gasteiger partial charge in [0.25, 0.3) is 5.91 Å². The van der Waals surface area contributed by atoms with E-state index in [1.807, 2.05) is 67.1 Å². The minimum Gasteiger partial charge on any atom is -0.490 e. The number of nitrogens with one attached hydrogen (secondary N) is 1. The first-order valence-electron chi connectivity index (χ1n) is 8.24. The van der Waals surface area contributed by atoms with Gasteiger partial charge < -0.3 is 14.6 Å². The summed E-state index contributed by atoms with van der Waals surface area (Å²) >= 11 is 0. The molecule has 25 heavy (non-hydrogen) atoms. The van der Waals surface area contributed by atoms with E-state index in [-0.39, 0.29) is 12.0 Å². The summed E-state index contributed by atoms with van der Waals surface area (Å²) < 4.78 is 7.64. The molecule has 1 heterocycles. The van der Waals surface area contributed by atoms with Crippen LogP contribution in [0.2, 0.25) is 0 Å². The second kappa shape index (κ2) is 7.66. The number of aromatic nitrogens is 2. The normalized spacial score (nSPS) is 10.7.